The number of benzene rings is 2. The van der Waals surface area contributed by atoms with Gasteiger partial charge in [0.2, 0.25) is 0 Å². The van der Waals surface area contributed by atoms with Crippen molar-refractivity contribution in [1.82, 2.24) is 0 Å². The van der Waals surface area contributed by atoms with Crippen LogP contribution >= 0.6 is 23.2 Å². The molecule has 3 heteroatoms. The number of hydrogen-bond acceptors (Lipinski definition) is 1. The lowest BCUT2D eigenvalue weighted by molar-refractivity contribution is 0.136. The van der Waals surface area contributed by atoms with Gasteiger partial charge in [0.15, 0.2) is 0 Å². The van der Waals surface area contributed by atoms with Crippen molar-refractivity contribution in [2.24, 2.45) is 0 Å². The summed E-state index contributed by atoms with van der Waals surface area (Å²) in [6.45, 7) is 1.14. The fourth-order valence-electron chi connectivity index (χ4n) is 1.79. The van der Waals surface area contributed by atoms with Gasteiger partial charge in [0, 0.05) is 10.9 Å². The van der Waals surface area contributed by atoms with Crippen LogP contribution in [0.1, 0.15) is 5.56 Å². The molecule has 0 saturated heterocycles. The van der Waals surface area contributed by atoms with Crippen LogP contribution in [-0.4, -0.2) is 12.5 Å². The third kappa shape index (κ3) is 3.49. The number of ether oxygens (including phenoxy) is 1. The van der Waals surface area contributed by atoms with Crippen molar-refractivity contribution in [2.45, 2.75) is 6.61 Å². The number of alkyl halides is 1. The maximum atomic E-state index is 5.90. The zero-order valence-corrected chi connectivity index (χ0v) is 11.4. The van der Waals surface area contributed by atoms with Gasteiger partial charge in [0.25, 0.3) is 0 Å². The molecule has 0 atom stereocenters. The maximum Gasteiger partial charge on any atom is 0.0723 e. The molecule has 2 rings (SSSR count). The lowest BCUT2D eigenvalue weighted by atomic mass is 10.0. The maximum absolute atomic E-state index is 5.90. The van der Waals surface area contributed by atoms with E-state index in [1.54, 1.807) is 0 Å². The van der Waals surface area contributed by atoms with Gasteiger partial charge in [-0.2, -0.15) is 0 Å². The molecule has 18 heavy (non-hydrogen) atoms. The zero-order valence-electron chi connectivity index (χ0n) is 9.90. The highest BCUT2D eigenvalue weighted by molar-refractivity contribution is 6.30. The van der Waals surface area contributed by atoms with Gasteiger partial charge in [-0.3, -0.25) is 0 Å². The van der Waals surface area contributed by atoms with E-state index in [0.29, 0.717) is 19.1 Å². The Morgan fingerprint density at radius 1 is 0.944 bits per heavy atom. The van der Waals surface area contributed by atoms with Gasteiger partial charge in [-0.15, -0.1) is 11.6 Å². The highest BCUT2D eigenvalue weighted by Gasteiger charge is 2.04. The van der Waals surface area contributed by atoms with Gasteiger partial charge in [0.05, 0.1) is 13.2 Å². The molecule has 0 heterocycles. The Kier molecular flexibility index (Phi) is 5.06. The molecule has 2 aromatic carbocycles. The second-order valence-electron chi connectivity index (χ2n) is 3.91. The van der Waals surface area contributed by atoms with Gasteiger partial charge in [-0.05, 0) is 28.8 Å². The summed E-state index contributed by atoms with van der Waals surface area (Å²) in [6, 6.07) is 16.0. The van der Waals surface area contributed by atoms with E-state index in [1.165, 1.54) is 5.56 Å². The summed E-state index contributed by atoms with van der Waals surface area (Å²) < 4.78 is 5.50. The van der Waals surface area contributed by atoms with E-state index in [-0.39, 0.29) is 0 Å². The monoisotopic (exact) mass is 280 g/mol. The normalized spacial score (nSPS) is 10.6. The van der Waals surface area contributed by atoms with Crippen LogP contribution in [0.25, 0.3) is 11.1 Å². The van der Waals surface area contributed by atoms with Crippen LogP contribution in [0.5, 0.6) is 0 Å². The molecular formula is C15H14Cl2O. The number of halogens is 2. The molecule has 0 unspecified atom stereocenters. The van der Waals surface area contributed by atoms with Crippen LogP contribution < -0.4 is 0 Å². The first kappa shape index (κ1) is 13.4. The van der Waals surface area contributed by atoms with Crippen molar-refractivity contribution >= 4 is 23.2 Å². The van der Waals surface area contributed by atoms with Crippen LogP contribution in [-0.2, 0) is 11.3 Å². The van der Waals surface area contributed by atoms with Crippen LogP contribution in [0.15, 0.2) is 48.5 Å². The van der Waals surface area contributed by atoms with Gasteiger partial charge < -0.3 is 4.74 Å². The topological polar surface area (TPSA) is 9.23 Å². The van der Waals surface area contributed by atoms with Crippen molar-refractivity contribution in [1.29, 1.82) is 0 Å². The average Bonchev–Trinajstić information content (AvgIpc) is 2.41. The third-order valence-corrected chi connectivity index (χ3v) is 3.06. The number of hydrogen-bond donors (Lipinski definition) is 0. The Morgan fingerprint density at radius 2 is 1.67 bits per heavy atom. The quantitative estimate of drug-likeness (QED) is 0.567. The molecule has 0 aliphatic carbocycles. The van der Waals surface area contributed by atoms with E-state index in [1.807, 2.05) is 36.4 Å². The summed E-state index contributed by atoms with van der Waals surface area (Å²) in [4.78, 5) is 0. The van der Waals surface area contributed by atoms with Crippen LogP contribution in [0.4, 0.5) is 0 Å². The minimum atomic E-state index is 0.517. The summed E-state index contributed by atoms with van der Waals surface area (Å²) in [7, 11) is 0. The largest absolute Gasteiger partial charge is 0.376 e. The number of rotatable bonds is 5. The highest BCUT2D eigenvalue weighted by atomic mass is 35.5. The predicted octanol–water partition coefficient (Wildman–Crippen LogP) is 4.76. The Morgan fingerprint density at radius 3 is 2.39 bits per heavy atom. The average molecular weight is 281 g/mol. The molecule has 94 valence electrons. The predicted molar refractivity (Wildman–Crippen MR) is 77.3 cm³/mol. The minimum Gasteiger partial charge on any atom is -0.376 e. The first-order valence-corrected chi connectivity index (χ1v) is 6.70. The van der Waals surface area contributed by atoms with Gasteiger partial charge >= 0.3 is 0 Å². The molecule has 0 aliphatic rings. The van der Waals surface area contributed by atoms with Crippen molar-refractivity contribution < 1.29 is 4.74 Å². The van der Waals surface area contributed by atoms with Crippen LogP contribution in [0.3, 0.4) is 0 Å². The second-order valence-corrected chi connectivity index (χ2v) is 4.72. The Bertz CT molecular complexity index is 494. The first-order chi connectivity index (χ1) is 8.81. The summed E-state index contributed by atoms with van der Waals surface area (Å²) in [6.07, 6.45) is 0. The molecule has 0 radical (unpaired) electrons. The van der Waals surface area contributed by atoms with Crippen LogP contribution in [0, 0.1) is 0 Å². The van der Waals surface area contributed by atoms with E-state index in [4.69, 9.17) is 27.9 Å². The molecule has 0 aliphatic heterocycles. The van der Waals surface area contributed by atoms with Crippen molar-refractivity contribution in [3.8, 4) is 11.1 Å². The fourth-order valence-corrected chi connectivity index (χ4v) is 2.03. The van der Waals surface area contributed by atoms with Gasteiger partial charge in [0.1, 0.15) is 0 Å². The molecular weight excluding hydrogens is 267 g/mol. The van der Waals surface area contributed by atoms with E-state index < -0.39 is 0 Å². The van der Waals surface area contributed by atoms with E-state index >= 15 is 0 Å². The third-order valence-electron chi connectivity index (χ3n) is 2.65. The first-order valence-electron chi connectivity index (χ1n) is 5.79. The van der Waals surface area contributed by atoms with E-state index in [9.17, 15) is 0 Å². The van der Waals surface area contributed by atoms with Crippen LogP contribution in [0.2, 0.25) is 5.02 Å². The van der Waals surface area contributed by atoms with Crippen molar-refractivity contribution in [3.05, 3.63) is 59.1 Å². The second kappa shape index (κ2) is 6.79. The lowest BCUT2D eigenvalue weighted by Gasteiger charge is -2.10. The summed E-state index contributed by atoms with van der Waals surface area (Å²) in [5.41, 5.74) is 3.47. The molecule has 2 aromatic rings. The lowest BCUT2D eigenvalue weighted by Crippen LogP contribution is -1.98. The summed E-state index contributed by atoms with van der Waals surface area (Å²) >= 11 is 11.5. The molecule has 0 aromatic heterocycles. The summed E-state index contributed by atoms with van der Waals surface area (Å²) in [5.74, 6) is 0.517. The Hall–Kier alpha value is -1.02. The molecule has 0 fully saturated rings. The summed E-state index contributed by atoms with van der Waals surface area (Å²) in [5, 5.41) is 0.745. The smallest absolute Gasteiger partial charge is 0.0723 e. The Balaban J connectivity index is 2.23. The zero-order chi connectivity index (χ0) is 12.8. The molecule has 1 nitrogen and oxygen atoms in total. The molecule has 0 amide bonds. The highest BCUT2D eigenvalue weighted by Crippen LogP contribution is 2.25. The van der Waals surface area contributed by atoms with E-state index in [2.05, 4.69) is 12.1 Å². The van der Waals surface area contributed by atoms with E-state index in [0.717, 1.165) is 16.1 Å². The molecule has 0 saturated carbocycles. The van der Waals surface area contributed by atoms with Gasteiger partial charge in [-0.1, -0.05) is 48.0 Å². The molecule has 0 N–H and O–H groups in total. The molecule has 0 bridgehead atoms. The van der Waals surface area contributed by atoms with Gasteiger partial charge in [-0.25, -0.2) is 0 Å². The minimum absolute atomic E-state index is 0.517. The fraction of sp³-hybridized carbons (Fsp3) is 0.200. The van der Waals surface area contributed by atoms with Crippen molar-refractivity contribution in [2.75, 3.05) is 12.5 Å². The standard InChI is InChI=1S/C15H14Cl2O/c16-9-10-18-11-13-3-1-2-4-15(13)12-5-7-14(17)8-6-12/h1-8H,9-11H2. The molecule has 0 spiro atoms. The SMILES string of the molecule is ClCCOCc1ccccc1-c1ccc(Cl)cc1. The Labute approximate surface area is 117 Å². The van der Waals surface area contributed by atoms with Crippen molar-refractivity contribution in [3.63, 3.8) is 0 Å².